The van der Waals surface area contributed by atoms with Crippen LogP contribution in [0.25, 0.3) is 0 Å². The number of morpholine rings is 1. The fourth-order valence-corrected chi connectivity index (χ4v) is 5.82. The third-order valence-electron chi connectivity index (χ3n) is 5.93. The molecular formula is C22H23ClF2N2O4S. The van der Waals surface area contributed by atoms with Gasteiger partial charge in [-0.05, 0) is 48.7 Å². The molecule has 0 aliphatic carbocycles. The number of ether oxygens (including phenoxy) is 1. The number of sulfonamides is 1. The van der Waals surface area contributed by atoms with Crippen molar-refractivity contribution in [3.05, 3.63) is 64.7 Å². The second-order valence-electron chi connectivity index (χ2n) is 7.95. The highest BCUT2D eigenvalue weighted by Gasteiger charge is 2.36. The fourth-order valence-electron chi connectivity index (χ4n) is 4.14. The number of piperidine rings is 1. The Hall–Kier alpha value is -2.07. The second-order valence-corrected chi connectivity index (χ2v) is 10.3. The molecule has 0 radical (unpaired) electrons. The zero-order valence-electron chi connectivity index (χ0n) is 17.2. The molecule has 2 aromatic rings. The van der Waals surface area contributed by atoms with Crippen molar-refractivity contribution in [3.63, 3.8) is 0 Å². The molecule has 2 saturated heterocycles. The molecule has 1 amide bonds. The Balaban J connectivity index is 1.39. The molecule has 0 aromatic heterocycles. The average Bonchev–Trinajstić information content (AvgIpc) is 2.80. The van der Waals surface area contributed by atoms with E-state index in [1.54, 1.807) is 17.0 Å². The number of carbonyl (C=O) groups is 1. The van der Waals surface area contributed by atoms with E-state index >= 15 is 0 Å². The molecule has 2 aliphatic heterocycles. The Morgan fingerprint density at radius 1 is 1.03 bits per heavy atom. The highest BCUT2D eigenvalue weighted by Crippen LogP contribution is 2.29. The smallest absolute Gasteiger partial charge is 0.246 e. The van der Waals surface area contributed by atoms with Gasteiger partial charge in [0.15, 0.2) is 0 Å². The van der Waals surface area contributed by atoms with Gasteiger partial charge >= 0.3 is 0 Å². The van der Waals surface area contributed by atoms with Crippen molar-refractivity contribution in [2.24, 2.45) is 5.92 Å². The van der Waals surface area contributed by atoms with Crippen molar-refractivity contribution >= 4 is 27.5 Å². The van der Waals surface area contributed by atoms with Crippen molar-refractivity contribution in [2.75, 3.05) is 32.8 Å². The van der Waals surface area contributed by atoms with Gasteiger partial charge in [0, 0.05) is 30.6 Å². The minimum atomic E-state index is -4.17. The number of nitrogens with zero attached hydrogens (tertiary/aromatic N) is 2. The van der Waals surface area contributed by atoms with Crippen LogP contribution >= 0.6 is 11.6 Å². The van der Waals surface area contributed by atoms with Gasteiger partial charge in [0.25, 0.3) is 0 Å². The van der Waals surface area contributed by atoms with E-state index in [4.69, 9.17) is 16.3 Å². The van der Waals surface area contributed by atoms with E-state index in [0.29, 0.717) is 43.6 Å². The van der Waals surface area contributed by atoms with E-state index in [9.17, 15) is 22.0 Å². The van der Waals surface area contributed by atoms with E-state index < -0.39 is 26.6 Å². The van der Waals surface area contributed by atoms with Gasteiger partial charge in [0.05, 0.1) is 13.2 Å². The topological polar surface area (TPSA) is 66.9 Å². The molecule has 1 atom stereocenters. The van der Waals surface area contributed by atoms with Gasteiger partial charge in [0.1, 0.15) is 22.6 Å². The average molecular weight is 485 g/mol. The summed E-state index contributed by atoms with van der Waals surface area (Å²) in [4.78, 5) is 14.2. The van der Waals surface area contributed by atoms with Crippen molar-refractivity contribution in [1.82, 2.24) is 9.21 Å². The van der Waals surface area contributed by atoms with Crippen LogP contribution in [0.3, 0.4) is 0 Å². The van der Waals surface area contributed by atoms with Gasteiger partial charge in [-0.15, -0.1) is 0 Å². The maximum atomic E-state index is 14.0. The zero-order valence-corrected chi connectivity index (χ0v) is 18.8. The van der Waals surface area contributed by atoms with Gasteiger partial charge in [-0.3, -0.25) is 4.79 Å². The minimum Gasteiger partial charge on any atom is -0.370 e. The number of benzene rings is 2. The first-order valence-corrected chi connectivity index (χ1v) is 12.2. The van der Waals surface area contributed by atoms with Gasteiger partial charge < -0.3 is 9.64 Å². The Morgan fingerprint density at radius 2 is 1.72 bits per heavy atom. The summed E-state index contributed by atoms with van der Waals surface area (Å²) in [6.45, 7) is 1.42. The zero-order chi connectivity index (χ0) is 22.9. The largest absolute Gasteiger partial charge is 0.370 e. The highest BCUT2D eigenvalue weighted by molar-refractivity contribution is 7.89. The van der Waals surface area contributed by atoms with Crippen LogP contribution in [0.2, 0.25) is 5.02 Å². The molecular weight excluding hydrogens is 462 g/mol. The number of hydrogen-bond acceptors (Lipinski definition) is 4. The number of carbonyl (C=O) groups excluding carboxylic acids is 1. The number of hydrogen-bond donors (Lipinski definition) is 0. The molecule has 0 spiro atoms. The molecule has 0 saturated carbocycles. The van der Waals surface area contributed by atoms with E-state index in [2.05, 4.69) is 0 Å². The first-order chi connectivity index (χ1) is 15.3. The van der Waals surface area contributed by atoms with Crippen LogP contribution in [0, 0.1) is 17.6 Å². The summed E-state index contributed by atoms with van der Waals surface area (Å²) in [5, 5.41) is 0.623. The molecule has 2 heterocycles. The molecule has 10 heteroatoms. The highest BCUT2D eigenvalue weighted by atomic mass is 35.5. The lowest BCUT2D eigenvalue weighted by Crippen LogP contribution is -2.48. The number of amides is 1. The number of rotatable bonds is 4. The third kappa shape index (κ3) is 4.80. The van der Waals surface area contributed by atoms with E-state index in [0.717, 1.165) is 22.0 Å². The first kappa shape index (κ1) is 23.1. The van der Waals surface area contributed by atoms with Crippen molar-refractivity contribution in [2.45, 2.75) is 23.8 Å². The third-order valence-corrected chi connectivity index (χ3v) is 8.10. The Morgan fingerprint density at radius 3 is 2.41 bits per heavy atom. The fraction of sp³-hybridized carbons (Fsp3) is 0.409. The quantitative estimate of drug-likeness (QED) is 0.665. The first-order valence-electron chi connectivity index (χ1n) is 10.4. The summed E-state index contributed by atoms with van der Waals surface area (Å²) in [5.74, 6) is -2.19. The van der Waals surface area contributed by atoms with Crippen LogP contribution in [-0.4, -0.2) is 56.3 Å². The molecule has 2 fully saturated rings. The van der Waals surface area contributed by atoms with Gasteiger partial charge in [0.2, 0.25) is 15.9 Å². The summed E-state index contributed by atoms with van der Waals surface area (Å²) in [7, 11) is -4.17. The Labute approximate surface area is 190 Å². The van der Waals surface area contributed by atoms with Gasteiger partial charge in [-0.2, -0.15) is 4.31 Å². The summed E-state index contributed by atoms with van der Waals surface area (Å²) >= 11 is 5.94. The molecule has 0 N–H and O–H groups in total. The predicted octanol–water partition coefficient (Wildman–Crippen LogP) is 3.62. The Bertz CT molecular complexity index is 1090. The summed E-state index contributed by atoms with van der Waals surface area (Å²) in [6.07, 6.45) is 0.386. The maximum Gasteiger partial charge on any atom is 0.246 e. The van der Waals surface area contributed by atoms with Crippen LogP contribution in [0.5, 0.6) is 0 Å². The SMILES string of the molecule is O=C(C1CCN(S(=O)(=O)c2cc(F)ccc2F)CC1)N1CCOC(c2ccc(Cl)cc2)C1. The standard InChI is InChI=1S/C22H23ClF2N2O4S/c23-17-3-1-15(2-4-17)20-14-26(11-12-31-20)22(28)16-7-9-27(10-8-16)32(29,30)21-13-18(24)5-6-19(21)25/h1-6,13,16,20H,7-12,14H2. The Kier molecular flexibility index (Phi) is 6.80. The molecule has 172 valence electrons. The van der Waals surface area contributed by atoms with Crippen LogP contribution in [0.1, 0.15) is 24.5 Å². The lowest BCUT2D eigenvalue weighted by atomic mass is 9.96. The monoisotopic (exact) mass is 484 g/mol. The van der Waals surface area contributed by atoms with E-state index in [1.165, 1.54) is 0 Å². The van der Waals surface area contributed by atoms with E-state index in [1.807, 2.05) is 12.1 Å². The van der Waals surface area contributed by atoms with Gasteiger partial charge in [-0.1, -0.05) is 23.7 Å². The summed E-state index contributed by atoms with van der Waals surface area (Å²) in [6, 6.07) is 9.66. The van der Waals surface area contributed by atoms with Crippen molar-refractivity contribution < 1.29 is 26.7 Å². The number of halogens is 3. The summed E-state index contributed by atoms with van der Waals surface area (Å²) in [5.41, 5.74) is 0.935. The molecule has 6 nitrogen and oxygen atoms in total. The molecule has 0 bridgehead atoms. The maximum absolute atomic E-state index is 14.0. The lowest BCUT2D eigenvalue weighted by Gasteiger charge is -2.37. The molecule has 2 aromatic carbocycles. The van der Waals surface area contributed by atoms with Crippen molar-refractivity contribution in [3.8, 4) is 0 Å². The molecule has 1 unspecified atom stereocenters. The van der Waals surface area contributed by atoms with Gasteiger partial charge in [-0.25, -0.2) is 17.2 Å². The second kappa shape index (κ2) is 9.43. The van der Waals surface area contributed by atoms with Crippen LogP contribution in [-0.2, 0) is 19.6 Å². The molecule has 4 rings (SSSR count). The molecule has 2 aliphatic rings. The normalized spacial score (nSPS) is 21.0. The van der Waals surface area contributed by atoms with Crippen LogP contribution < -0.4 is 0 Å². The minimum absolute atomic E-state index is 0.0405. The van der Waals surface area contributed by atoms with E-state index in [-0.39, 0.29) is 31.0 Å². The molecule has 32 heavy (non-hydrogen) atoms. The lowest BCUT2D eigenvalue weighted by molar-refractivity contribution is -0.144. The van der Waals surface area contributed by atoms with Crippen LogP contribution in [0.4, 0.5) is 8.78 Å². The summed E-state index contributed by atoms with van der Waals surface area (Å²) < 4.78 is 59.9. The predicted molar refractivity (Wildman–Crippen MR) is 115 cm³/mol. The van der Waals surface area contributed by atoms with Crippen LogP contribution in [0.15, 0.2) is 47.4 Å². The van der Waals surface area contributed by atoms with Crippen molar-refractivity contribution in [1.29, 1.82) is 0 Å².